The van der Waals surface area contributed by atoms with Gasteiger partial charge in [-0.15, -0.1) is 0 Å². The number of carbonyl (C=O) groups is 1. The second-order valence-electron chi connectivity index (χ2n) is 6.94. The van der Waals surface area contributed by atoms with E-state index in [-0.39, 0.29) is 6.61 Å². The van der Waals surface area contributed by atoms with Crippen LogP contribution in [0.15, 0.2) is 48.7 Å². The van der Waals surface area contributed by atoms with E-state index in [1.165, 1.54) is 0 Å². The third-order valence-electron chi connectivity index (χ3n) is 4.93. The van der Waals surface area contributed by atoms with Crippen molar-refractivity contribution in [1.82, 2.24) is 19.6 Å². The average Bonchev–Trinajstić information content (AvgIpc) is 3.34. The molecule has 2 heterocycles. The highest BCUT2D eigenvalue weighted by Crippen LogP contribution is 2.32. The summed E-state index contributed by atoms with van der Waals surface area (Å²) in [5.41, 5.74) is 3.31. The number of amides is 1. The second kappa shape index (κ2) is 8.69. The molecule has 0 fully saturated rings. The van der Waals surface area contributed by atoms with Gasteiger partial charge in [-0.1, -0.05) is 23.7 Å². The highest BCUT2D eigenvalue weighted by Gasteiger charge is 2.15. The Morgan fingerprint density at radius 2 is 2.03 bits per heavy atom. The van der Waals surface area contributed by atoms with Crippen LogP contribution in [0.1, 0.15) is 12.5 Å². The maximum atomic E-state index is 12.4. The highest BCUT2D eigenvalue weighted by atomic mass is 35.5. The monoisotopic (exact) mass is 439 g/mol. The number of nitrogens with zero attached hydrogens (tertiary/aromatic N) is 4. The summed E-state index contributed by atoms with van der Waals surface area (Å²) in [6, 6.07) is 12.9. The Morgan fingerprint density at radius 1 is 1.19 bits per heavy atom. The summed E-state index contributed by atoms with van der Waals surface area (Å²) < 4.78 is 14.3. The third-order valence-corrected chi connectivity index (χ3v) is 5.16. The maximum absolute atomic E-state index is 12.4. The van der Waals surface area contributed by atoms with Crippen LogP contribution in [0.25, 0.3) is 22.2 Å². The molecule has 0 aliphatic rings. The lowest BCUT2D eigenvalue weighted by atomic mass is 10.1. The lowest BCUT2D eigenvalue weighted by Gasteiger charge is -2.07. The van der Waals surface area contributed by atoms with Crippen LogP contribution in [0.4, 0.5) is 10.6 Å². The molecular formula is C22H22ClN5O3. The first-order valence-corrected chi connectivity index (χ1v) is 10.1. The summed E-state index contributed by atoms with van der Waals surface area (Å²) in [5, 5.41) is 13.1. The minimum Gasteiger partial charge on any atom is -0.496 e. The number of carbonyl (C=O) groups excluding carboxylic acids is 1. The van der Waals surface area contributed by atoms with Gasteiger partial charge in [0.25, 0.3) is 0 Å². The smallest absolute Gasteiger partial charge is 0.413 e. The number of rotatable bonds is 6. The summed E-state index contributed by atoms with van der Waals surface area (Å²) >= 11 is 6.03. The van der Waals surface area contributed by atoms with Gasteiger partial charge in [-0.3, -0.25) is 14.7 Å². The van der Waals surface area contributed by atoms with Crippen molar-refractivity contribution < 1.29 is 14.3 Å². The van der Waals surface area contributed by atoms with Crippen LogP contribution in [0.3, 0.4) is 0 Å². The molecule has 0 saturated carbocycles. The molecule has 2 aromatic carbocycles. The fourth-order valence-electron chi connectivity index (χ4n) is 3.34. The lowest BCUT2D eigenvalue weighted by Crippen LogP contribution is -2.15. The minimum atomic E-state index is -0.568. The molecular weight excluding hydrogens is 418 g/mol. The predicted molar refractivity (Wildman–Crippen MR) is 119 cm³/mol. The van der Waals surface area contributed by atoms with Gasteiger partial charge in [0, 0.05) is 35.6 Å². The van der Waals surface area contributed by atoms with E-state index in [9.17, 15) is 4.79 Å². The maximum Gasteiger partial charge on any atom is 0.413 e. The van der Waals surface area contributed by atoms with Gasteiger partial charge in [-0.25, -0.2) is 4.79 Å². The van der Waals surface area contributed by atoms with Crippen LogP contribution in [0.5, 0.6) is 5.75 Å². The van der Waals surface area contributed by atoms with E-state index in [4.69, 9.17) is 21.1 Å². The van der Waals surface area contributed by atoms with Gasteiger partial charge in [0.1, 0.15) is 18.2 Å². The van der Waals surface area contributed by atoms with Gasteiger partial charge in [0.05, 0.1) is 24.5 Å². The van der Waals surface area contributed by atoms with Gasteiger partial charge < -0.3 is 9.47 Å². The summed E-state index contributed by atoms with van der Waals surface area (Å²) in [7, 11) is 3.31. The first kappa shape index (κ1) is 20.7. The number of methoxy groups -OCH3 is 1. The fourth-order valence-corrected chi connectivity index (χ4v) is 3.50. The molecule has 0 aliphatic heterocycles. The zero-order valence-electron chi connectivity index (χ0n) is 17.4. The van der Waals surface area contributed by atoms with Crippen LogP contribution in [-0.2, 0) is 24.9 Å². The van der Waals surface area contributed by atoms with Gasteiger partial charge >= 0.3 is 6.09 Å². The molecule has 1 N–H and O–H groups in total. The quantitative estimate of drug-likeness (QED) is 0.463. The molecule has 0 spiro atoms. The van der Waals surface area contributed by atoms with E-state index in [2.05, 4.69) is 15.5 Å². The van der Waals surface area contributed by atoms with Crippen LogP contribution in [-0.4, -0.2) is 32.8 Å². The summed E-state index contributed by atoms with van der Waals surface area (Å²) in [5.74, 6) is 1.10. The van der Waals surface area contributed by atoms with Crippen molar-refractivity contribution in [2.24, 2.45) is 7.05 Å². The Kier molecular flexibility index (Phi) is 5.81. The summed E-state index contributed by atoms with van der Waals surface area (Å²) in [4.78, 5) is 12.4. The number of ether oxygens (including phenoxy) is 2. The summed E-state index contributed by atoms with van der Waals surface area (Å²) in [6.07, 6.45) is 1.26. The first-order chi connectivity index (χ1) is 15.0. The Morgan fingerprint density at radius 3 is 2.81 bits per heavy atom. The van der Waals surface area contributed by atoms with Crippen molar-refractivity contribution in [3.8, 4) is 17.0 Å². The number of anilines is 1. The first-order valence-electron chi connectivity index (χ1n) is 9.74. The lowest BCUT2D eigenvalue weighted by molar-refractivity contribution is 0.155. The van der Waals surface area contributed by atoms with Crippen molar-refractivity contribution in [3.05, 3.63) is 59.2 Å². The van der Waals surface area contributed by atoms with Crippen molar-refractivity contribution >= 4 is 34.4 Å². The Bertz CT molecular complexity index is 1250. The topological polar surface area (TPSA) is 83.2 Å². The van der Waals surface area contributed by atoms with E-state index in [1.807, 2.05) is 42.1 Å². The van der Waals surface area contributed by atoms with Crippen LogP contribution in [0, 0.1) is 0 Å². The van der Waals surface area contributed by atoms with E-state index in [1.54, 1.807) is 37.0 Å². The molecule has 4 aromatic rings. The number of aryl methyl sites for hydroxylation is 2. The Hall–Kier alpha value is -3.52. The standard InChI is InChI=1S/C22H22ClN5O3/c1-4-28-19-9-14(5-6-15(19)12-24-28)13-31-22(29)25-21-11-18(26-27(21)2)17-8-7-16(23)10-20(17)30-3/h5-12H,4,13H2,1-3H3,(H,25,29). The van der Waals surface area contributed by atoms with Crippen LogP contribution in [0.2, 0.25) is 5.02 Å². The van der Waals surface area contributed by atoms with E-state index in [0.29, 0.717) is 22.3 Å². The molecule has 0 unspecified atom stereocenters. The van der Waals surface area contributed by atoms with Gasteiger partial charge in [-0.05, 0) is 36.8 Å². The van der Waals surface area contributed by atoms with Crippen LogP contribution >= 0.6 is 11.6 Å². The van der Waals surface area contributed by atoms with Gasteiger partial charge in [-0.2, -0.15) is 10.2 Å². The molecule has 8 nitrogen and oxygen atoms in total. The van der Waals surface area contributed by atoms with Crippen molar-refractivity contribution in [1.29, 1.82) is 0 Å². The zero-order valence-corrected chi connectivity index (χ0v) is 18.2. The van der Waals surface area contributed by atoms with Crippen molar-refractivity contribution in [2.75, 3.05) is 12.4 Å². The van der Waals surface area contributed by atoms with E-state index < -0.39 is 6.09 Å². The predicted octanol–water partition coefficient (Wildman–Crippen LogP) is 4.87. The molecule has 1 amide bonds. The molecule has 0 aliphatic carbocycles. The molecule has 0 radical (unpaired) electrons. The van der Waals surface area contributed by atoms with Crippen molar-refractivity contribution in [3.63, 3.8) is 0 Å². The number of halogens is 1. The average molecular weight is 440 g/mol. The van der Waals surface area contributed by atoms with Gasteiger partial charge in [0.15, 0.2) is 0 Å². The van der Waals surface area contributed by atoms with Gasteiger partial charge in [0.2, 0.25) is 0 Å². The molecule has 4 rings (SSSR count). The highest BCUT2D eigenvalue weighted by molar-refractivity contribution is 6.30. The molecule has 31 heavy (non-hydrogen) atoms. The number of benzene rings is 2. The minimum absolute atomic E-state index is 0.145. The number of hydrogen-bond donors (Lipinski definition) is 1. The van der Waals surface area contributed by atoms with E-state index in [0.717, 1.165) is 28.6 Å². The normalized spacial score (nSPS) is 11.0. The molecule has 0 atom stereocenters. The second-order valence-corrected chi connectivity index (χ2v) is 7.37. The number of hydrogen-bond acceptors (Lipinski definition) is 5. The zero-order chi connectivity index (χ0) is 22.0. The summed E-state index contributed by atoms with van der Waals surface area (Å²) in [6.45, 7) is 2.95. The molecule has 0 bridgehead atoms. The number of nitrogens with one attached hydrogen (secondary N) is 1. The Balaban J connectivity index is 1.45. The third kappa shape index (κ3) is 4.34. The largest absolute Gasteiger partial charge is 0.496 e. The molecule has 160 valence electrons. The number of fused-ring (bicyclic) bond motifs is 1. The van der Waals surface area contributed by atoms with Crippen LogP contribution < -0.4 is 10.1 Å². The number of aromatic nitrogens is 4. The molecule has 0 saturated heterocycles. The molecule has 2 aromatic heterocycles. The molecule has 9 heteroatoms. The SMILES string of the molecule is CCn1ncc2ccc(COC(=O)Nc3cc(-c4ccc(Cl)cc4OC)nn3C)cc21. The van der Waals surface area contributed by atoms with E-state index >= 15 is 0 Å². The van der Waals surface area contributed by atoms with Crippen molar-refractivity contribution in [2.45, 2.75) is 20.1 Å². The fraction of sp³-hybridized carbons (Fsp3) is 0.227. The Labute approximate surface area is 184 Å².